The monoisotopic (exact) mass is 325 g/mol. The van der Waals surface area contributed by atoms with Gasteiger partial charge >= 0.3 is 0 Å². The van der Waals surface area contributed by atoms with Crippen LogP contribution < -0.4 is 0 Å². The highest BCUT2D eigenvalue weighted by Gasteiger charge is 2.23. The first kappa shape index (κ1) is 14.7. The molecule has 23 heavy (non-hydrogen) atoms. The zero-order valence-corrected chi connectivity index (χ0v) is 13.8. The van der Waals surface area contributed by atoms with Gasteiger partial charge in [-0.05, 0) is 49.2 Å². The van der Waals surface area contributed by atoms with Crippen molar-refractivity contribution in [1.29, 1.82) is 0 Å². The number of likely N-dealkylation sites (tertiary alicyclic amines) is 1. The number of nitrogens with one attached hydrogen (secondary N) is 1. The van der Waals surface area contributed by atoms with E-state index in [9.17, 15) is 0 Å². The second-order valence-corrected chi connectivity index (χ2v) is 6.78. The lowest BCUT2D eigenvalue weighted by atomic mass is 9.97. The fourth-order valence-corrected chi connectivity index (χ4v) is 3.69. The number of benzene rings is 2. The summed E-state index contributed by atoms with van der Waals surface area (Å²) in [4.78, 5) is 10.8. The van der Waals surface area contributed by atoms with E-state index in [1.54, 1.807) is 0 Å². The van der Waals surface area contributed by atoms with Crippen LogP contribution in [0.15, 0.2) is 48.5 Å². The molecular weight excluding hydrogens is 306 g/mol. The minimum Gasteiger partial charge on any atom is -0.342 e. The summed E-state index contributed by atoms with van der Waals surface area (Å²) in [6.45, 7) is 3.15. The number of H-pyrrole nitrogens is 1. The van der Waals surface area contributed by atoms with Crippen molar-refractivity contribution in [2.75, 3.05) is 13.1 Å². The Labute approximate surface area is 141 Å². The molecule has 4 heteroatoms. The molecule has 118 valence electrons. The molecule has 0 spiro atoms. The Morgan fingerprint density at radius 2 is 2.09 bits per heavy atom. The predicted octanol–water partition coefficient (Wildman–Crippen LogP) is 4.60. The van der Waals surface area contributed by atoms with E-state index in [1.165, 1.54) is 18.4 Å². The van der Waals surface area contributed by atoms with Gasteiger partial charge in [0.15, 0.2) is 0 Å². The van der Waals surface area contributed by atoms with Crippen molar-refractivity contribution in [3.05, 3.63) is 64.9 Å². The third-order valence-corrected chi connectivity index (χ3v) is 4.83. The molecule has 1 aliphatic heterocycles. The summed E-state index contributed by atoms with van der Waals surface area (Å²) in [6, 6.07) is 16.4. The molecule has 0 radical (unpaired) electrons. The Balaban J connectivity index is 1.50. The predicted molar refractivity (Wildman–Crippen MR) is 94.8 cm³/mol. The van der Waals surface area contributed by atoms with E-state index < -0.39 is 0 Å². The van der Waals surface area contributed by atoms with Crippen LogP contribution in [0.1, 0.15) is 30.1 Å². The number of aromatic amines is 1. The zero-order chi connectivity index (χ0) is 15.6. The fraction of sp³-hybridized carbons (Fsp3) is 0.316. The molecule has 2 heterocycles. The van der Waals surface area contributed by atoms with Crippen LogP contribution in [0.25, 0.3) is 11.0 Å². The summed E-state index contributed by atoms with van der Waals surface area (Å²) < 4.78 is 0. The highest BCUT2D eigenvalue weighted by Crippen LogP contribution is 2.27. The first-order valence-electron chi connectivity index (χ1n) is 8.19. The van der Waals surface area contributed by atoms with E-state index in [4.69, 9.17) is 16.6 Å². The van der Waals surface area contributed by atoms with Gasteiger partial charge in [-0.3, -0.25) is 4.90 Å². The number of aromatic nitrogens is 2. The number of halogens is 1. The van der Waals surface area contributed by atoms with Crippen LogP contribution >= 0.6 is 11.6 Å². The second kappa shape index (κ2) is 6.34. The molecule has 1 atom stereocenters. The maximum Gasteiger partial charge on any atom is 0.111 e. The Morgan fingerprint density at radius 1 is 1.17 bits per heavy atom. The third-order valence-electron chi connectivity index (χ3n) is 4.60. The van der Waals surface area contributed by atoms with E-state index in [0.717, 1.165) is 41.5 Å². The smallest absolute Gasteiger partial charge is 0.111 e. The molecule has 0 bridgehead atoms. The van der Waals surface area contributed by atoms with Crippen LogP contribution in [-0.4, -0.2) is 28.0 Å². The summed E-state index contributed by atoms with van der Waals surface area (Å²) in [5, 5.41) is 0.813. The number of para-hydroxylation sites is 2. The maximum absolute atomic E-state index is 6.10. The highest BCUT2D eigenvalue weighted by molar-refractivity contribution is 6.30. The van der Waals surface area contributed by atoms with Gasteiger partial charge in [0.2, 0.25) is 0 Å². The largest absolute Gasteiger partial charge is 0.342 e. The molecular formula is C19H20ClN3. The molecule has 1 aliphatic rings. The topological polar surface area (TPSA) is 31.9 Å². The molecule has 2 aromatic carbocycles. The molecule has 0 aliphatic carbocycles. The van der Waals surface area contributed by atoms with E-state index in [1.807, 2.05) is 18.2 Å². The molecule has 1 fully saturated rings. The Bertz CT molecular complexity index is 778. The van der Waals surface area contributed by atoms with Crippen molar-refractivity contribution >= 4 is 22.6 Å². The number of rotatable bonds is 3. The molecule has 3 aromatic rings. The summed E-state index contributed by atoms with van der Waals surface area (Å²) in [7, 11) is 0. The number of imidazole rings is 1. The van der Waals surface area contributed by atoms with Crippen LogP contribution in [0.5, 0.6) is 0 Å². The van der Waals surface area contributed by atoms with Gasteiger partial charge in [-0.1, -0.05) is 35.9 Å². The lowest BCUT2D eigenvalue weighted by molar-refractivity contribution is 0.197. The average Bonchev–Trinajstić information content (AvgIpc) is 2.99. The van der Waals surface area contributed by atoms with E-state index in [-0.39, 0.29) is 0 Å². The molecule has 1 N–H and O–H groups in total. The Hall–Kier alpha value is -1.84. The van der Waals surface area contributed by atoms with Crippen LogP contribution in [0.2, 0.25) is 5.02 Å². The number of hydrogen-bond acceptors (Lipinski definition) is 2. The number of fused-ring (bicyclic) bond motifs is 1. The molecule has 1 aromatic heterocycles. The van der Waals surface area contributed by atoms with Gasteiger partial charge in [0, 0.05) is 24.0 Å². The van der Waals surface area contributed by atoms with Gasteiger partial charge < -0.3 is 4.98 Å². The SMILES string of the molecule is Clc1cccc(CN2CCC[C@H](c3nc4ccccc4[nH]3)C2)c1. The molecule has 1 saturated heterocycles. The summed E-state index contributed by atoms with van der Waals surface area (Å²) in [6.07, 6.45) is 2.41. The van der Waals surface area contributed by atoms with Gasteiger partial charge in [-0.2, -0.15) is 0 Å². The van der Waals surface area contributed by atoms with Gasteiger partial charge in [-0.25, -0.2) is 4.98 Å². The second-order valence-electron chi connectivity index (χ2n) is 6.34. The zero-order valence-electron chi connectivity index (χ0n) is 13.0. The summed E-state index contributed by atoms with van der Waals surface area (Å²) >= 11 is 6.10. The van der Waals surface area contributed by atoms with E-state index >= 15 is 0 Å². The first-order chi connectivity index (χ1) is 11.3. The van der Waals surface area contributed by atoms with Crippen LogP contribution in [0.3, 0.4) is 0 Å². The number of nitrogens with zero attached hydrogens (tertiary/aromatic N) is 2. The van der Waals surface area contributed by atoms with Crippen molar-refractivity contribution in [2.45, 2.75) is 25.3 Å². The Morgan fingerprint density at radius 3 is 2.96 bits per heavy atom. The quantitative estimate of drug-likeness (QED) is 0.763. The summed E-state index contributed by atoms with van der Waals surface area (Å²) in [5.41, 5.74) is 3.48. The van der Waals surface area contributed by atoms with E-state index in [0.29, 0.717) is 5.92 Å². The van der Waals surface area contributed by atoms with Gasteiger partial charge in [0.05, 0.1) is 11.0 Å². The minimum atomic E-state index is 0.482. The molecule has 0 unspecified atom stereocenters. The third kappa shape index (κ3) is 3.26. The van der Waals surface area contributed by atoms with Crippen LogP contribution in [0, 0.1) is 0 Å². The molecule has 0 amide bonds. The van der Waals surface area contributed by atoms with Gasteiger partial charge in [0.25, 0.3) is 0 Å². The average molecular weight is 326 g/mol. The van der Waals surface area contributed by atoms with Gasteiger partial charge in [0.1, 0.15) is 5.82 Å². The maximum atomic E-state index is 6.10. The van der Waals surface area contributed by atoms with Gasteiger partial charge in [-0.15, -0.1) is 0 Å². The van der Waals surface area contributed by atoms with Crippen molar-refractivity contribution in [1.82, 2.24) is 14.9 Å². The van der Waals surface area contributed by atoms with Crippen molar-refractivity contribution < 1.29 is 0 Å². The van der Waals surface area contributed by atoms with Crippen molar-refractivity contribution in [2.24, 2.45) is 0 Å². The summed E-state index contributed by atoms with van der Waals surface area (Å²) in [5.74, 6) is 1.61. The van der Waals surface area contributed by atoms with E-state index in [2.05, 4.69) is 40.2 Å². The molecule has 3 nitrogen and oxygen atoms in total. The van der Waals surface area contributed by atoms with Crippen molar-refractivity contribution in [3.63, 3.8) is 0 Å². The van der Waals surface area contributed by atoms with Crippen LogP contribution in [-0.2, 0) is 6.54 Å². The number of piperidine rings is 1. The lowest BCUT2D eigenvalue weighted by Gasteiger charge is -2.31. The standard InChI is InChI=1S/C19H20ClN3/c20-16-7-3-5-14(11-16)12-23-10-4-6-15(13-23)19-21-17-8-1-2-9-18(17)22-19/h1-3,5,7-9,11,15H,4,6,10,12-13H2,(H,21,22)/t15-/m0/s1. The first-order valence-corrected chi connectivity index (χ1v) is 8.57. The fourth-order valence-electron chi connectivity index (χ4n) is 3.48. The molecule has 0 saturated carbocycles. The Kier molecular flexibility index (Phi) is 4.06. The van der Waals surface area contributed by atoms with Crippen molar-refractivity contribution in [3.8, 4) is 0 Å². The number of hydrogen-bond donors (Lipinski definition) is 1. The lowest BCUT2D eigenvalue weighted by Crippen LogP contribution is -2.34. The normalized spacial score (nSPS) is 19.3. The molecule has 4 rings (SSSR count). The highest BCUT2D eigenvalue weighted by atomic mass is 35.5. The van der Waals surface area contributed by atoms with Crippen LogP contribution in [0.4, 0.5) is 0 Å². The minimum absolute atomic E-state index is 0.482.